The molecule has 1 amide bonds. The predicted molar refractivity (Wildman–Crippen MR) is 80.4 cm³/mol. The zero-order valence-corrected chi connectivity index (χ0v) is 12.5. The Labute approximate surface area is 125 Å². The van der Waals surface area contributed by atoms with Crippen LogP contribution in [0, 0.1) is 11.8 Å². The van der Waals surface area contributed by atoms with Gasteiger partial charge in [0, 0.05) is 26.2 Å². The molecule has 0 unspecified atom stereocenters. The number of nitrogens with one attached hydrogen (secondary N) is 1. The van der Waals surface area contributed by atoms with Gasteiger partial charge in [0.15, 0.2) is 0 Å². The van der Waals surface area contributed by atoms with E-state index in [2.05, 4.69) is 5.32 Å². The number of hydrogen-bond donors (Lipinski definition) is 1. The van der Waals surface area contributed by atoms with Gasteiger partial charge in [0.05, 0.1) is 13.5 Å². The van der Waals surface area contributed by atoms with Crippen LogP contribution >= 0.6 is 12.4 Å². The molecule has 3 rings (SSSR count). The number of benzene rings is 1. The minimum atomic E-state index is 0. The number of halogens is 1. The highest BCUT2D eigenvalue weighted by molar-refractivity contribution is 5.85. The van der Waals surface area contributed by atoms with E-state index in [1.807, 2.05) is 29.2 Å². The zero-order valence-electron chi connectivity index (χ0n) is 11.7. The summed E-state index contributed by atoms with van der Waals surface area (Å²) >= 11 is 0. The standard InChI is InChI=1S/C15H20N2O2.ClH/c1-19-14-4-2-11(3-5-14)6-15(18)17-9-12-7-16-8-13(12)10-17;/h2-5,12-13,16H,6-10H2,1H3;1H/t12-,13+;. The van der Waals surface area contributed by atoms with Crippen LogP contribution in [0.15, 0.2) is 24.3 Å². The fraction of sp³-hybridized carbons (Fsp3) is 0.533. The van der Waals surface area contributed by atoms with Gasteiger partial charge < -0.3 is 15.0 Å². The Morgan fingerprint density at radius 1 is 1.25 bits per heavy atom. The molecule has 2 atom stereocenters. The second-order valence-electron chi connectivity index (χ2n) is 5.50. The minimum Gasteiger partial charge on any atom is -0.497 e. The Hall–Kier alpha value is -1.26. The van der Waals surface area contributed by atoms with E-state index < -0.39 is 0 Å². The van der Waals surface area contributed by atoms with Gasteiger partial charge in [-0.2, -0.15) is 0 Å². The van der Waals surface area contributed by atoms with Gasteiger partial charge in [0.2, 0.25) is 5.91 Å². The molecule has 1 aromatic carbocycles. The average Bonchev–Trinajstić information content (AvgIpc) is 3.00. The maximum atomic E-state index is 12.3. The average molecular weight is 297 g/mol. The first-order chi connectivity index (χ1) is 9.26. The van der Waals surface area contributed by atoms with Crippen molar-refractivity contribution >= 4 is 18.3 Å². The van der Waals surface area contributed by atoms with Gasteiger partial charge in [0.1, 0.15) is 5.75 Å². The van der Waals surface area contributed by atoms with E-state index in [-0.39, 0.29) is 18.3 Å². The predicted octanol–water partition coefficient (Wildman–Crippen LogP) is 1.34. The Morgan fingerprint density at radius 2 is 1.85 bits per heavy atom. The monoisotopic (exact) mass is 296 g/mol. The van der Waals surface area contributed by atoms with Crippen molar-refractivity contribution in [3.8, 4) is 5.75 Å². The summed E-state index contributed by atoms with van der Waals surface area (Å²) in [6.45, 7) is 3.98. The molecular weight excluding hydrogens is 276 g/mol. The molecule has 2 heterocycles. The van der Waals surface area contributed by atoms with Crippen LogP contribution in [0.2, 0.25) is 0 Å². The van der Waals surface area contributed by atoms with Gasteiger partial charge in [-0.3, -0.25) is 4.79 Å². The molecule has 0 bridgehead atoms. The fourth-order valence-electron chi connectivity index (χ4n) is 3.09. The van der Waals surface area contributed by atoms with Crippen LogP contribution in [0.3, 0.4) is 0 Å². The Morgan fingerprint density at radius 3 is 2.40 bits per heavy atom. The summed E-state index contributed by atoms with van der Waals surface area (Å²) < 4.78 is 5.12. The second kappa shape index (κ2) is 6.46. The van der Waals surface area contributed by atoms with Crippen molar-refractivity contribution in [2.75, 3.05) is 33.3 Å². The lowest BCUT2D eigenvalue weighted by Crippen LogP contribution is -2.32. The molecular formula is C15H21ClN2O2. The zero-order chi connectivity index (χ0) is 13.2. The molecule has 2 saturated heterocycles. The van der Waals surface area contributed by atoms with Crippen molar-refractivity contribution in [1.29, 1.82) is 0 Å². The number of hydrogen-bond acceptors (Lipinski definition) is 3. The Kier molecular flexibility index (Phi) is 4.89. The SMILES string of the molecule is COc1ccc(CC(=O)N2C[C@H]3CNC[C@H]3C2)cc1.Cl. The Bertz CT molecular complexity index is 451. The number of carbonyl (C=O) groups is 1. The van der Waals surface area contributed by atoms with Crippen LogP contribution in [0.25, 0.3) is 0 Å². The highest BCUT2D eigenvalue weighted by Gasteiger charge is 2.37. The van der Waals surface area contributed by atoms with Crippen LogP contribution in [0.4, 0.5) is 0 Å². The number of rotatable bonds is 3. The third-order valence-corrected chi connectivity index (χ3v) is 4.26. The molecule has 0 radical (unpaired) electrons. The van der Waals surface area contributed by atoms with Gasteiger partial charge >= 0.3 is 0 Å². The number of carbonyl (C=O) groups excluding carboxylic acids is 1. The summed E-state index contributed by atoms with van der Waals surface area (Å²) in [7, 11) is 1.65. The molecule has 2 aliphatic heterocycles. The lowest BCUT2D eigenvalue weighted by molar-refractivity contribution is -0.129. The molecule has 1 N–H and O–H groups in total. The van der Waals surface area contributed by atoms with Crippen molar-refractivity contribution in [3.05, 3.63) is 29.8 Å². The quantitative estimate of drug-likeness (QED) is 0.915. The maximum Gasteiger partial charge on any atom is 0.227 e. The molecule has 4 nitrogen and oxygen atoms in total. The van der Waals surface area contributed by atoms with Crippen LogP contribution in [-0.4, -0.2) is 44.1 Å². The first-order valence-corrected chi connectivity index (χ1v) is 6.87. The minimum absolute atomic E-state index is 0. The third-order valence-electron chi connectivity index (χ3n) is 4.26. The van der Waals surface area contributed by atoms with E-state index in [9.17, 15) is 4.79 Å². The lowest BCUT2D eigenvalue weighted by Gasteiger charge is -2.17. The van der Waals surface area contributed by atoms with Crippen molar-refractivity contribution in [3.63, 3.8) is 0 Å². The summed E-state index contributed by atoms with van der Waals surface area (Å²) in [4.78, 5) is 14.3. The molecule has 20 heavy (non-hydrogen) atoms. The number of likely N-dealkylation sites (tertiary alicyclic amines) is 1. The normalized spacial score (nSPS) is 24.1. The van der Waals surface area contributed by atoms with Crippen molar-refractivity contribution in [2.45, 2.75) is 6.42 Å². The van der Waals surface area contributed by atoms with Crippen LogP contribution in [-0.2, 0) is 11.2 Å². The van der Waals surface area contributed by atoms with E-state index in [1.54, 1.807) is 7.11 Å². The van der Waals surface area contributed by atoms with Gasteiger partial charge in [-0.05, 0) is 29.5 Å². The summed E-state index contributed by atoms with van der Waals surface area (Å²) in [5, 5.41) is 3.39. The molecule has 1 aromatic rings. The van der Waals surface area contributed by atoms with Crippen molar-refractivity contribution < 1.29 is 9.53 Å². The second-order valence-corrected chi connectivity index (χ2v) is 5.50. The van der Waals surface area contributed by atoms with E-state index in [0.29, 0.717) is 18.3 Å². The molecule has 2 fully saturated rings. The Balaban J connectivity index is 0.00000147. The number of nitrogens with zero attached hydrogens (tertiary/aromatic N) is 1. The summed E-state index contributed by atoms with van der Waals surface area (Å²) in [6.07, 6.45) is 0.497. The van der Waals surface area contributed by atoms with Crippen molar-refractivity contribution in [1.82, 2.24) is 10.2 Å². The molecule has 0 saturated carbocycles. The van der Waals surface area contributed by atoms with E-state index in [1.165, 1.54) is 0 Å². The number of ether oxygens (including phenoxy) is 1. The van der Waals surface area contributed by atoms with Crippen LogP contribution in [0.1, 0.15) is 5.56 Å². The largest absolute Gasteiger partial charge is 0.497 e. The van der Waals surface area contributed by atoms with Crippen LogP contribution in [0.5, 0.6) is 5.75 Å². The third kappa shape index (κ3) is 3.07. The van der Waals surface area contributed by atoms with Crippen molar-refractivity contribution in [2.24, 2.45) is 11.8 Å². The van der Waals surface area contributed by atoms with E-state index >= 15 is 0 Å². The van der Waals surface area contributed by atoms with Gasteiger partial charge in [-0.15, -0.1) is 12.4 Å². The first-order valence-electron chi connectivity index (χ1n) is 6.87. The van der Waals surface area contributed by atoms with Gasteiger partial charge in [-0.25, -0.2) is 0 Å². The van der Waals surface area contributed by atoms with E-state index in [4.69, 9.17) is 4.74 Å². The first kappa shape index (κ1) is 15.1. The van der Waals surface area contributed by atoms with Gasteiger partial charge in [0.25, 0.3) is 0 Å². The molecule has 5 heteroatoms. The number of methoxy groups -OCH3 is 1. The topological polar surface area (TPSA) is 41.6 Å². The van der Waals surface area contributed by atoms with Gasteiger partial charge in [-0.1, -0.05) is 12.1 Å². The number of fused-ring (bicyclic) bond motifs is 1. The summed E-state index contributed by atoms with van der Waals surface area (Å²) in [6, 6.07) is 7.75. The number of amides is 1. The molecule has 110 valence electrons. The molecule has 0 aliphatic carbocycles. The van der Waals surface area contributed by atoms with Crippen LogP contribution < -0.4 is 10.1 Å². The molecule has 2 aliphatic rings. The van der Waals surface area contributed by atoms with E-state index in [0.717, 1.165) is 37.5 Å². The lowest BCUT2D eigenvalue weighted by atomic mass is 10.0. The maximum absolute atomic E-state index is 12.3. The fourth-order valence-corrected chi connectivity index (χ4v) is 3.09. The highest BCUT2D eigenvalue weighted by atomic mass is 35.5. The molecule has 0 spiro atoms. The highest BCUT2D eigenvalue weighted by Crippen LogP contribution is 2.26. The molecule has 0 aromatic heterocycles. The summed E-state index contributed by atoms with van der Waals surface area (Å²) in [5.74, 6) is 2.41. The summed E-state index contributed by atoms with van der Waals surface area (Å²) in [5.41, 5.74) is 1.06. The smallest absolute Gasteiger partial charge is 0.227 e.